The van der Waals surface area contributed by atoms with Gasteiger partial charge in [-0.05, 0) is 56.5 Å². The summed E-state index contributed by atoms with van der Waals surface area (Å²) in [6.07, 6.45) is 1.70. The second-order valence-corrected chi connectivity index (χ2v) is 7.50. The molecule has 0 bridgehead atoms. The molecule has 0 saturated carbocycles. The highest BCUT2D eigenvalue weighted by atomic mass is 32.2. The molecule has 0 amide bonds. The van der Waals surface area contributed by atoms with Crippen molar-refractivity contribution in [1.82, 2.24) is 9.62 Å². The predicted molar refractivity (Wildman–Crippen MR) is 81.2 cm³/mol. The minimum Gasteiger partial charge on any atom is -0.317 e. The minimum atomic E-state index is -3.57. The summed E-state index contributed by atoms with van der Waals surface area (Å²) < 4.78 is 40.1. The van der Waals surface area contributed by atoms with E-state index in [0.29, 0.717) is 24.6 Å². The van der Waals surface area contributed by atoms with Crippen molar-refractivity contribution in [1.29, 1.82) is 0 Å². The smallest absolute Gasteiger partial charge is 0.243 e. The number of sulfonamides is 1. The summed E-state index contributed by atoms with van der Waals surface area (Å²) in [6.45, 7) is 6.57. The van der Waals surface area contributed by atoms with Gasteiger partial charge in [-0.2, -0.15) is 4.31 Å². The van der Waals surface area contributed by atoms with Crippen molar-refractivity contribution in [2.24, 2.45) is 5.92 Å². The summed E-state index contributed by atoms with van der Waals surface area (Å²) in [7, 11) is -3.57. The van der Waals surface area contributed by atoms with Crippen molar-refractivity contribution >= 4 is 10.0 Å². The van der Waals surface area contributed by atoms with Gasteiger partial charge in [0.05, 0.1) is 4.90 Å². The average molecular weight is 314 g/mol. The monoisotopic (exact) mass is 314 g/mol. The van der Waals surface area contributed by atoms with Crippen LogP contribution in [0.5, 0.6) is 0 Å². The van der Waals surface area contributed by atoms with Crippen molar-refractivity contribution < 1.29 is 12.8 Å². The third-order valence-corrected chi connectivity index (χ3v) is 5.93. The van der Waals surface area contributed by atoms with E-state index in [1.165, 1.54) is 16.4 Å². The SMILES string of the molecule is CCNCC1CCN(S(=O)(=O)c2ccc(C)c(F)c2)CC1. The van der Waals surface area contributed by atoms with Crippen LogP contribution in [0.25, 0.3) is 0 Å². The van der Waals surface area contributed by atoms with E-state index < -0.39 is 15.8 Å². The number of hydrogen-bond donors (Lipinski definition) is 1. The second kappa shape index (κ2) is 6.85. The predicted octanol–water partition coefficient (Wildman–Crippen LogP) is 2.14. The summed E-state index contributed by atoms with van der Waals surface area (Å²) in [5.41, 5.74) is 0.457. The largest absolute Gasteiger partial charge is 0.317 e. The standard InChI is InChI=1S/C15H23FN2O2S/c1-3-17-11-13-6-8-18(9-7-13)21(19,20)14-5-4-12(2)15(16)10-14/h4-5,10,13,17H,3,6-9,11H2,1-2H3. The lowest BCUT2D eigenvalue weighted by Gasteiger charge is -2.31. The number of benzene rings is 1. The highest BCUT2D eigenvalue weighted by Gasteiger charge is 2.29. The number of nitrogens with one attached hydrogen (secondary N) is 1. The molecule has 0 aliphatic carbocycles. The molecule has 118 valence electrons. The van der Waals surface area contributed by atoms with Crippen LogP contribution in [0, 0.1) is 18.7 Å². The fraction of sp³-hybridized carbons (Fsp3) is 0.600. The van der Waals surface area contributed by atoms with Crippen LogP contribution in [0.1, 0.15) is 25.3 Å². The Morgan fingerprint density at radius 1 is 1.33 bits per heavy atom. The van der Waals surface area contributed by atoms with Crippen LogP contribution in [0.15, 0.2) is 23.1 Å². The summed E-state index contributed by atoms with van der Waals surface area (Å²) >= 11 is 0. The fourth-order valence-electron chi connectivity index (χ4n) is 2.59. The summed E-state index contributed by atoms with van der Waals surface area (Å²) in [4.78, 5) is 0.0516. The van der Waals surface area contributed by atoms with E-state index in [9.17, 15) is 12.8 Å². The molecule has 0 atom stereocenters. The molecule has 1 aromatic carbocycles. The normalized spacial score (nSPS) is 18.0. The number of piperidine rings is 1. The molecule has 1 heterocycles. The Bertz CT molecular complexity index is 581. The zero-order valence-corrected chi connectivity index (χ0v) is 13.4. The molecule has 1 aromatic rings. The summed E-state index contributed by atoms with van der Waals surface area (Å²) in [5.74, 6) is 0.0456. The first-order valence-electron chi connectivity index (χ1n) is 7.42. The lowest BCUT2D eigenvalue weighted by atomic mass is 9.98. The van der Waals surface area contributed by atoms with Crippen LogP contribution < -0.4 is 5.32 Å². The maximum Gasteiger partial charge on any atom is 0.243 e. The van der Waals surface area contributed by atoms with Crippen molar-refractivity contribution in [2.75, 3.05) is 26.2 Å². The molecule has 0 aromatic heterocycles. The van der Waals surface area contributed by atoms with Crippen molar-refractivity contribution in [3.8, 4) is 0 Å². The van der Waals surface area contributed by atoms with E-state index in [2.05, 4.69) is 12.2 Å². The molecule has 0 radical (unpaired) electrons. The third kappa shape index (κ3) is 3.81. The second-order valence-electron chi connectivity index (χ2n) is 5.57. The fourth-order valence-corrected chi connectivity index (χ4v) is 4.07. The lowest BCUT2D eigenvalue weighted by Crippen LogP contribution is -2.40. The Morgan fingerprint density at radius 2 is 2.00 bits per heavy atom. The first kappa shape index (κ1) is 16.4. The van der Waals surface area contributed by atoms with Gasteiger partial charge in [0.2, 0.25) is 10.0 Å². The molecule has 21 heavy (non-hydrogen) atoms. The number of hydrogen-bond acceptors (Lipinski definition) is 3. The van der Waals surface area contributed by atoms with Crippen molar-refractivity contribution in [2.45, 2.75) is 31.6 Å². The van der Waals surface area contributed by atoms with Gasteiger partial charge in [0, 0.05) is 13.1 Å². The van der Waals surface area contributed by atoms with E-state index in [1.807, 2.05) is 0 Å². The van der Waals surface area contributed by atoms with Crippen LogP contribution in [-0.4, -0.2) is 38.9 Å². The van der Waals surface area contributed by atoms with Crippen LogP contribution in [0.2, 0.25) is 0 Å². The van der Waals surface area contributed by atoms with Crippen molar-refractivity contribution in [3.63, 3.8) is 0 Å². The molecule has 1 aliphatic heterocycles. The quantitative estimate of drug-likeness (QED) is 0.906. The van der Waals surface area contributed by atoms with Crippen molar-refractivity contribution in [3.05, 3.63) is 29.6 Å². The Kier molecular flexibility index (Phi) is 5.35. The first-order chi connectivity index (χ1) is 9.95. The van der Waals surface area contributed by atoms with E-state index in [1.54, 1.807) is 6.92 Å². The number of rotatable bonds is 5. The van der Waals surface area contributed by atoms with Crippen LogP contribution in [0.3, 0.4) is 0 Å². The third-order valence-electron chi connectivity index (χ3n) is 4.04. The molecule has 1 saturated heterocycles. The molecule has 4 nitrogen and oxygen atoms in total. The van der Waals surface area contributed by atoms with Gasteiger partial charge in [0.15, 0.2) is 0 Å². The van der Waals surface area contributed by atoms with Gasteiger partial charge in [0.25, 0.3) is 0 Å². The van der Waals surface area contributed by atoms with Gasteiger partial charge in [-0.15, -0.1) is 0 Å². The molecule has 1 fully saturated rings. The van der Waals surface area contributed by atoms with Gasteiger partial charge in [-0.3, -0.25) is 0 Å². The maximum absolute atomic E-state index is 13.6. The maximum atomic E-state index is 13.6. The molecule has 1 aliphatic rings. The first-order valence-corrected chi connectivity index (χ1v) is 8.86. The van der Waals surface area contributed by atoms with E-state index >= 15 is 0 Å². The van der Waals surface area contributed by atoms with Gasteiger partial charge in [-0.1, -0.05) is 13.0 Å². The Balaban J connectivity index is 2.06. The highest BCUT2D eigenvalue weighted by molar-refractivity contribution is 7.89. The van der Waals surface area contributed by atoms with E-state index in [0.717, 1.165) is 32.0 Å². The average Bonchev–Trinajstić information content (AvgIpc) is 2.48. The molecule has 0 unspecified atom stereocenters. The van der Waals surface area contributed by atoms with Gasteiger partial charge in [-0.25, -0.2) is 12.8 Å². The molecule has 1 N–H and O–H groups in total. The number of halogens is 1. The Hall–Kier alpha value is -0.980. The zero-order chi connectivity index (χ0) is 15.5. The van der Waals surface area contributed by atoms with Crippen LogP contribution in [0.4, 0.5) is 4.39 Å². The Labute approximate surface area is 126 Å². The van der Waals surface area contributed by atoms with Crippen LogP contribution in [-0.2, 0) is 10.0 Å². The van der Waals surface area contributed by atoms with Gasteiger partial charge < -0.3 is 5.32 Å². The lowest BCUT2D eigenvalue weighted by molar-refractivity contribution is 0.268. The molecule has 0 spiro atoms. The Morgan fingerprint density at radius 3 is 2.57 bits per heavy atom. The van der Waals surface area contributed by atoms with E-state index in [-0.39, 0.29) is 4.90 Å². The number of nitrogens with zero attached hydrogens (tertiary/aromatic N) is 1. The molecular weight excluding hydrogens is 291 g/mol. The summed E-state index contributed by atoms with van der Waals surface area (Å²) in [5, 5.41) is 3.30. The summed E-state index contributed by atoms with van der Waals surface area (Å²) in [6, 6.07) is 4.12. The topological polar surface area (TPSA) is 49.4 Å². The minimum absolute atomic E-state index is 0.0516. The van der Waals surface area contributed by atoms with Gasteiger partial charge >= 0.3 is 0 Å². The highest BCUT2D eigenvalue weighted by Crippen LogP contribution is 2.24. The molecule has 6 heteroatoms. The zero-order valence-electron chi connectivity index (χ0n) is 12.6. The van der Waals surface area contributed by atoms with E-state index in [4.69, 9.17) is 0 Å². The number of aryl methyl sites for hydroxylation is 1. The van der Waals surface area contributed by atoms with Gasteiger partial charge in [0.1, 0.15) is 5.82 Å². The molecular formula is C15H23FN2O2S. The molecule has 2 rings (SSSR count). The van der Waals surface area contributed by atoms with Crippen LogP contribution >= 0.6 is 0 Å².